The summed E-state index contributed by atoms with van der Waals surface area (Å²) in [5, 5.41) is 23.8. The van der Waals surface area contributed by atoms with Crippen LogP contribution in [0.4, 0.5) is 11.4 Å². The number of non-ortho nitro benzene ring substituents is 1. The van der Waals surface area contributed by atoms with Crippen molar-refractivity contribution in [3.8, 4) is 5.75 Å². The lowest BCUT2D eigenvalue weighted by atomic mass is 9.95. The van der Waals surface area contributed by atoms with E-state index < -0.39 is 10.8 Å². The normalized spacial score (nSPS) is 10.7. The maximum Gasteiger partial charge on any atom is 0.271 e. The molecule has 2 N–H and O–H groups in total. The predicted octanol–water partition coefficient (Wildman–Crippen LogP) is 4.64. The van der Waals surface area contributed by atoms with Crippen LogP contribution in [0.3, 0.4) is 0 Å². The van der Waals surface area contributed by atoms with E-state index in [0.29, 0.717) is 11.1 Å². The number of nitro groups is 1. The van der Waals surface area contributed by atoms with E-state index in [1.807, 2.05) is 13.8 Å². The van der Waals surface area contributed by atoms with E-state index in [1.54, 1.807) is 19.1 Å². The van der Waals surface area contributed by atoms with Gasteiger partial charge in [-0.3, -0.25) is 14.9 Å². The maximum absolute atomic E-state index is 12.5. The summed E-state index contributed by atoms with van der Waals surface area (Å²) in [5.74, 6) is -0.538. The molecule has 0 aliphatic heterocycles. The van der Waals surface area contributed by atoms with Crippen LogP contribution in [0.1, 0.15) is 41.3 Å². The van der Waals surface area contributed by atoms with Crippen LogP contribution in [-0.2, 0) is 0 Å². The number of carbonyl (C=O) groups excluding carboxylic acids is 1. The summed E-state index contributed by atoms with van der Waals surface area (Å²) < 4.78 is 0. The van der Waals surface area contributed by atoms with Crippen LogP contribution in [-0.4, -0.2) is 15.9 Å². The topological polar surface area (TPSA) is 92.5 Å². The van der Waals surface area contributed by atoms with Crippen LogP contribution in [0.15, 0.2) is 30.3 Å². The molecule has 0 bridgehead atoms. The van der Waals surface area contributed by atoms with E-state index >= 15 is 0 Å². The lowest BCUT2D eigenvalue weighted by Gasteiger charge is -2.15. The highest BCUT2D eigenvalue weighted by Crippen LogP contribution is 2.33. The van der Waals surface area contributed by atoms with Crippen molar-refractivity contribution >= 4 is 28.9 Å². The number of carbonyl (C=O) groups is 1. The second-order valence-corrected chi connectivity index (χ2v) is 6.13. The smallest absolute Gasteiger partial charge is 0.271 e. The highest BCUT2D eigenvalue weighted by Gasteiger charge is 2.20. The van der Waals surface area contributed by atoms with Crippen molar-refractivity contribution in [3.63, 3.8) is 0 Å². The quantitative estimate of drug-likeness (QED) is 0.622. The van der Waals surface area contributed by atoms with Crippen molar-refractivity contribution in [1.82, 2.24) is 0 Å². The van der Waals surface area contributed by atoms with Crippen LogP contribution in [0.2, 0.25) is 5.02 Å². The van der Waals surface area contributed by atoms with E-state index in [2.05, 4.69) is 5.32 Å². The number of phenols is 1. The van der Waals surface area contributed by atoms with Gasteiger partial charge in [-0.2, -0.15) is 0 Å². The van der Waals surface area contributed by atoms with Crippen molar-refractivity contribution in [2.24, 2.45) is 0 Å². The number of nitro benzene ring substituents is 1. The van der Waals surface area contributed by atoms with Gasteiger partial charge in [0.05, 0.1) is 21.2 Å². The van der Waals surface area contributed by atoms with Crippen LogP contribution < -0.4 is 5.32 Å². The summed E-state index contributed by atoms with van der Waals surface area (Å²) in [6.07, 6.45) is 0. The average molecular weight is 349 g/mol. The zero-order valence-corrected chi connectivity index (χ0v) is 14.2. The molecule has 0 saturated heterocycles. The summed E-state index contributed by atoms with van der Waals surface area (Å²) >= 11 is 5.98. The Morgan fingerprint density at radius 2 is 1.96 bits per heavy atom. The van der Waals surface area contributed by atoms with Gasteiger partial charge in [0.2, 0.25) is 0 Å². The second-order valence-electron chi connectivity index (χ2n) is 5.73. The molecule has 2 aromatic rings. The Balaban J connectivity index is 2.37. The predicted molar refractivity (Wildman–Crippen MR) is 93.0 cm³/mol. The summed E-state index contributed by atoms with van der Waals surface area (Å²) in [7, 11) is 0. The molecule has 2 aromatic carbocycles. The molecule has 0 radical (unpaired) electrons. The number of benzene rings is 2. The number of nitrogens with one attached hydrogen (secondary N) is 1. The first-order valence-electron chi connectivity index (χ1n) is 7.30. The highest BCUT2D eigenvalue weighted by molar-refractivity contribution is 6.34. The number of hydrogen-bond acceptors (Lipinski definition) is 4. The van der Waals surface area contributed by atoms with Crippen molar-refractivity contribution in [1.29, 1.82) is 0 Å². The molecule has 0 spiro atoms. The van der Waals surface area contributed by atoms with Crippen LogP contribution in [0.5, 0.6) is 5.75 Å². The Labute approximate surface area is 144 Å². The molecule has 126 valence electrons. The summed E-state index contributed by atoms with van der Waals surface area (Å²) in [6, 6.07) is 7.32. The molecule has 0 saturated carbocycles. The highest BCUT2D eigenvalue weighted by atomic mass is 35.5. The number of aryl methyl sites for hydroxylation is 1. The fourth-order valence-corrected chi connectivity index (χ4v) is 2.59. The Hall–Kier alpha value is -2.60. The van der Waals surface area contributed by atoms with Crippen molar-refractivity contribution in [2.75, 3.05) is 5.32 Å². The zero-order valence-electron chi connectivity index (χ0n) is 13.5. The largest absolute Gasteiger partial charge is 0.507 e. The fraction of sp³-hybridized carbons (Fsp3) is 0.235. The number of rotatable bonds is 4. The first-order valence-corrected chi connectivity index (χ1v) is 7.68. The summed E-state index contributed by atoms with van der Waals surface area (Å²) in [5.41, 5.74) is 1.52. The molecule has 0 aliphatic carbocycles. The van der Waals surface area contributed by atoms with Crippen LogP contribution in [0, 0.1) is 17.0 Å². The molecule has 0 atom stereocenters. The standard InChI is InChI=1S/C17H17ClN2O4/c1-9(2)12-6-4-10(3)15(16(12)21)17(22)19-14-7-5-11(20(23)24)8-13(14)18/h4-9,21H,1-3H3,(H,19,22). The number of amides is 1. The molecule has 2 rings (SSSR count). The Morgan fingerprint density at radius 1 is 1.29 bits per heavy atom. The van der Waals surface area contributed by atoms with Crippen LogP contribution >= 0.6 is 11.6 Å². The van der Waals surface area contributed by atoms with Crippen molar-refractivity contribution in [2.45, 2.75) is 26.7 Å². The van der Waals surface area contributed by atoms with Gasteiger partial charge in [-0.1, -0.05) is 37.6 Å². The Morgan fingerprint density at radius 3 is 2.50 bits per heavy atom. The molecular weight excluding hydrogens is 332 g/mol. The van der Waals surface area contributed by atoms with E-state index in [0.717, 1.165) is 6.07 Å². The minimum atomic E-state index is -0.570. The number of hydrogen-bond donors (Lipinski definition) is 2. The SMILES string of the molecule is Cc1ccc(C(C)C)c(O)c1C(=O)Nc1ccc([N+](=O)[O-])cc1Cl. The van der Waals surface area contributed by atoms with Gasteiger partial charge in [0.15, 0.2) is 0 Å². The third-order valence-corrected chi connectivity index (χ3v) is 3.99. The van der Waals surface area contributed by atoms with Crippen molar-refractivity contribution < 1.29 is 14.8 Å². The second kappa shape index (κ2) is 6.88. The molecule has 0 aliphatic rings. The van der Waals surface area contributed by atoms with E-state index in [9.17, 15) is 20.0 Å². The first kappa shape index (κ1) is 17.7. The zero-order chi connectivity index (χ0) is 18.0. The number of nitrogens with zero attached hydrogens (tertiary/aromatic N) is 1. The van der Waals surface area contributed by atoms with E-state index in [-0.39, 0.29) is 33.6 Å². The molecule has 0 unspecified atom stereocenters. The lowest BCUT2D eigenvalue weighted by Crippen LogP contribution is -2.15. The minimum absolute atomic E-state index is 0.0507. The Bertz CT molecular complexity index is 818. The summed E-state index contributed by atoms with van der Waals surface area (Å²) in [4.78, 5) is 22.7. The minimum Gasteiger partial charge on any atom is -0.507 e. The number of anilines is 1. The fourth-order valence-electron chi connectivity index (χ4n) is 2.36. The molecule has 7 heteroatoms. The van der Waals surface area contributed by atoms with Gasteiger partial charge in [-0.25, -0.2) is 0 Å². The van der Waals surface area contributed by atoms with Gasteiger partial charge in [0.25, 0.3) is 11.6 Å². The van der Waals surface area contributed by atoms with Gasteiger partial charge < -0.3 is 10.4 Å². The Kier molecular flexibility index (Phi) is 5.09. The monoisotopic (exact) mass is 348 g/mol. The molecular formula is C17H17ClN2O4. The van der Waals surface area contributed by atoms with E-state index in [4.69, 9.17) is 11.6 Å². The van der Waals surface area contributed by atoms with Crippen LogP contribution in [0.25, 0.3) is 0 Å². The average Bonchev–Trinajstić information content (AvgIpc) is 2.48. The van der Waals surface area contributed by atoms with Gasteiger partial charge in [0, 0.05) is 12.1 Å². The molecule has 1 amide bonds. The van der Waals surface area contributed by atoms with Gasteiger partial charge in [-0.05, 0) is 30.0 Å². The molecule has 0 fully saturated rings. The number of phenolic OH excluding ortho intramolecular Hbond substituents is 1. The molecule has 6 nitrogen and oxygen atoms in total. The third-order valence-electron chi connectivity index (χ3n) is 3.68. The third kappa shape index (κ3) is 3.49. The molecule has 0 aromatic heterocycles. The summed E-state index contributed by atoms with van der Waals surface area (Å²) in [6.45, 7) is 5.55. The maximum atomic E-state index is 12.5. The van der Waals surface area contributed by atoms with Gasteiger partial charge in [0.1, 0.15) is 5.75 Å². The van der Waals surface area contributed by atoms with E-state index in [1.165, 1.54) is 12.1 Å². The molecule has 24 heavy (non-hydrogen) atoms. The van der Waals surface area contributed by atoms with Gasteiger partial charge in [-0.15, -0.1) is 0 Å². The number of aromatic hydroxyl groups is 1. The number of halogens is 1. The molecule has 0 heterocycles. The first-order chi connectivity index (χ1) is 11.2. The van der Waals surface area contributed by atoms with Crippen molar-refractivity contribution in [3.05, 3.63) is 62.2 Å². The van der Waals surface area contributed by atoms with Gasteiger partial charge >= 0.3 is 0 Å². The lowest BCUT2D eigenvalue weighted by molar-refractivity contribution is -0.384.